The first kappa shape index (κ1) is 18.2. The maximum Gasteiger partial charge on any atom is 0.315 e. The van der Waals surface area contributed by atoms with Gasteiger partial charge < -0.3 is 16.0 Å². The van der Waals surface area contributed by atoms with Crippen LogP contribution in [0.2, 0.25) is 0 Å². The second-order valence-corrected chi connectivity index (χ2v) is 6.05. The fraction of sp³-hybridized carbons (Fsp3) is 0.529. The van der Waals surface area contributed by atoms with Crippen LogP contribution in [0.25, 0.3) is 0 Å². The highest BCUT2D eigenvalue weighted by Crippen LogP contribution is 2.17. The monoisotopic (exact) mass is 339 g/mol. The molecule has 0 saturated heterocycles. The van der Waals surface area contributed by atoms with E-state index in [2.05, 4.69) is 16.0 Å². The maximum absolute atomic E-state index is 13.1. The average Bonchev–Trinajstić information content (AvgIpc) is 2.51. The molecule has 1 aliphatic rings. The van der Waals surface area contributed by atoms with Gasteiger partial charge in [-0.05, 0) is 25.0 Å². The van der Waals surface area contributed by atoms with Gasteiger partial charge in [0.05, 0.1) is 6.54 Å². The van der Waals surface area contributed by atoms with Crippen molar-refractivity contribution < 1.29 is 18.4 Å². The molecule has 0 bridgehead atoms. The number of amides is 3. The van der Waals surface area contributed by atoms with Crippen molar-refractivity contribution >= 4 is 17.6 Å². The summed E-state index contributed by atoms with van der Waals surface area (Å²) in [7, 11) is 0. The molecule has 0 aromatic heterocycles. The largest absolute Gasteiger partial charge is 0.335 e. The Bertz CT molecular complexity index is 573. The third-order valence-electron chi connectivity index (χ3n) is 4.05. The number of rotatable bonds is 4. The minimum atomic E-state index is -1.04. The lowest BCUT2D eigenvalue weighted by atomic mass is 9.97. The van der Waals surface area contributed by atoms with Gasteiger partial charge in [0.1, 0.15) is 0 Å². The Kier molecular flexibility index (Phi) is 6.96. The first-order valence-corrected chi connectivity index (χ1v) is 8.34. The van der Waals surface area contributed by atoms with Crippen LogP contribution in [0.15, 0.2) is 18.2 Å². The van der Waals surface area contributed by atoms with E-state index < -0.39 is 17.5 Å². The van der Waals surface area contributed by atoms with Gasteiger partial charge in [0.25, 0.3) is 0 Å². The molecular weight excluding hydrogens is 316 g/mol. The van der Waals surface area contributed by atoms with Crippen molar-refractivity contribution in [3.63, 3.8) is 0 Å². The van der Waals surface area contributed by atoms with Crippen LogP contribution in [0.1, 0.15) is 44.9 Å². The van der Waals surface area contributed by atoms with E-state index in [4.69, 9.17) is 0 Å². The molecule has 1 saturated carbocycles. The van der Waals surface area contributed by atoms with E-state index in [0.29, 0.717) is 0 Å². The molecule has 3 N–H and O–H groups in total. The predicted octanol–water partition coefficient (Wildman–Crippen LogP) is 3.32. The lowest BCUT2D eigenvalue weighted by molar-refractivity contribution is -0.115. The summed E-state index contributed by atoms with van der Waals surface area (Å²) in [6, 6.07) is 2.83. The number of hydrogen-bond acceptors (Lipinski definition) is 2. The summed E-state index contributed by atoms with van der Waals surface area (Å²) in [6.45, 7) is -0.239. The highest BCUT2D eigenvalue weighted by Gasteiger charge is 2.14. The molecule has 132 valence electrons. The maximum atomic E-state index is 13.1. The van der Waals surface area contributed by atoms with E-state index in [9.17, 15) is 18.4 Å². The molecule has 0 heterocycles. The van der Waals surface area contributed by atoms with Gasteiger partial charge in [0.2, 0.25) is 5.91 Å². The average molecular weight is 339 g/mol. The summed E-state index contributed by atoms with van der Waals surface area (Å²) < 4.78 is 25.9. The molecule has 3 amide bonds. The zero-order valence-electron chi connectivity index (χ0n) is 13.5. The van der Waals surface area contributed by atoms with Crippen molar-refractivity contribution in [1.82, 2.24) is 10.6 Å². The van der Waals surface area contributed by atoms with Crippen LogP contribution in [0, 0.1) is 11.6 Å². The molecule has 0 unspecified atom stereocenters. The Labute approximate surface area is 140 Å². The standard InChI is InChI=1S/C17H23F2N3O2/c18-14-9-8-13(10-15(14)19)21-16(23)11-20-17(24)22-12-6-4-2-1-3-5-7-12/h8-10,12H,1-7,11H2,(H,21,23)(H2,20,22,24). The number of hydrogen-bond donors (Lipinski definition) is 3. The molecule has 7 heteroatoms. The number of anilines is 1. The van der Waals surface area contributed by atoms with Gasteiger partial charge in [0, 0.05) is 17.8 Å². The molecule has 1 aromatic carbocycles. The van der Waals surface area contributed by atoms with E-state index in [0.717, 1.165) is 37.8 Å². The van der Waals surface area contributed by atoms with Crippen molar-refractivity contribution in [3.8, 4) is 0 Å². The Morgan fingerprint density at radius 2 is 1.67 bits per heavy atom. The van der Waals surface area contributed by atoms with Crippen molar-refractivity contribution in [2.45, 2.75) is 51.0 Å². The highest BCUT2D eigenvalue weighted by atomic mass is 19.2. The molecule has 1 aromatic rings. The molecule has 0 aliphatic heterocycles. The van der Waals surface area contributed by atoms with Gasteiger partial charge in [-0.2, -0.15) is 0 Å². The van der Waals surface area contributed by atoms with Gasteiger partial charge >= 0.3 is 6.03 Å². The number of urea groups is 1. The van der Waals surface area contributed by atoms with Crippen LogP contribution in [0.5, 0.6) is 0 Å². The van der Waals surface area contributed by atoms with Crippen molar-refractivity contribution in [3.05, 3.63) is 29.8 Å². The van der Waals surface area contributed by atoms with E-state index in [-0.39, 0.29) is 24.3 Å². The summed E-state index contributed by atoms with van der Waals surface area (Å²) in [5.41, 5.74) is 0.140. The van der Waals surface area contributed by atoms with Crippen LogP contribution in [0.4, 0.5) is 19.3 Å². The quantitative estimate of drug-likeness (QED) is 0.787. The molecule has 24 heavy (non-hydrogen) atoms. The van der Waals surface area contributed by atoms with E-state index in [1.54, 1.807) is 0 Å². The van der Waals surface area contributed by atoms with Gasteiger partial charge in [-0.3, -0.25) is 4.79 Å². The topological polar surface area (TPSA) is 70.2 Å². The zero-order chi connectivity index (χ0) is 17.4. The zero-order valence-corrected chi connectivity index (χ0v) is 13.5. The van der Waals surface area contributed by atoms with E-state index in [1.807, 2.05) is 0 Å². The van der Waals surface area contributed by atoms with Gasteiger partial charge in [-0.1, -0.05) is 32.1 Å². The lowest BCUT2D eigenvalue weighted by Crippen LogP contribution is -2.44. The van der Waals surface area contributed by atoms with Crippen LogP contribution in [-0.2, 0) is 4.79 Å². The molecular formula is C17H23F2N3O2. The fourth-order valence-electron chi connectivity index (χ4n) is 2.78. The molecule has 2 rings (SSSR count). The second kappa shape index (κ2) is 9.20. The Balaban J connectivity index is 1.72. The summed E-state index contributed by atoms with van der Waals surface area (Å²) in [5, 5.41) is 7.76. The molecule has 0 atom stereocenters. The highest BCUT2D eigenvalue weighted by molar-refractivity contribution is 5.94. The Morgan fingerprint density at radius 1 is 1.00 bits per heavy atom. The first-order valence-electron chi connectivity index (χ1n) is 8.34. The predicted molar refractivity (Wildman–Crippen MR) is 87.6 cm³/mol. The summed E-state index contributed by atoms with van der Waals surface area (Å²) in [5.74, 6) is -2.53. The van der Waals surface area contributed by atoms with Crippen molar-refractivity contribution in [2.24, 2.45) is 0 Å². The number of halogens is 2. The third kappa shape index (κ3) is 6.14. The second-order valence-electron chi connectivity index (χ2n) is 6.05. The minimum Gasteiger partial charge on any atom is -0.335 e. The number of nitrogens with one attached hydrogen (secondary N) is 3. The van der Waals surface area contributed by atoms with Crippen LogP contribution < -0.4 is 16.0 Å². The number of carbonyl (C=O) groups excluding carboxylic acids is 2. The Hall–Kier alpha value is -2.18. The minimum absolute atomic E-state index is 0.138. The van der Waals surface area contributed by atoms with Gasteiger partial charge in [-0.25, -0.2) is 13.6 Å². The smallest absolute Gasteiger partial charge is 0.315 e. The lowest BCUT2D eigenvalue weighted by Gasteiger charge is -2.21. The van der Waals surface area contributed by atoms with Crippen LogP contribution >= 0.6 is 0 Å². The normalized spacial score (nSPS) is 15.9. The Morgan fingerprint density at radius 3 is 2.33 bits per heavy atom. The van der Waals surface area contributed by atoms with Crippen LogP contribution in [0.3, 0.4) is 0 Å². The fourth-order valence-corrected chi connectivity index (χ4v) is 2.78. The molecule has 5 nitrogen and oxygen atoms in total. The summed E-state index contributed by atoms with van der Waals surface area (Å²) in [6.07, 6.45) is 7.74. The van der Waals surface area contributed by atoms with Crippen LogP contribution in [-0.4, -0.2) is 24.5 Å². The summed E-state index contributed by atoms with van der Waals surface area (Å²) >= 11 is 0. The molecule has 0 spiro atoms. The summed E-state index contributed by atoms with van der Waals surface area (Å²) in [4.78, 5) is 23.6. The molecule has 0 radical (unpaired) electrons. The number of carbonyl (C=O) groups is 2. The molecule has 1 aliphatic carbocycles. The SMILES string of the molecule is O=C(CNC(=O)NC1CCCCCCC1)Nc1ccc(F)c(F)c1. The van der Waals surface area contributed by atoms with Gasteiger partial charge in [0.15, 0.2) is 11.6 Å². The van der Waals surface area contributed by atoms with Crippen molar-refractivity contribution in [2.75, 3.05) is 11.9 Å². The molecule has 1 fully saturated rings. The van der Waals surface area contributed by atoms with Crippen molar-refractivity contribution in [1.29, 1.82) is 0 Å². The van der Waals surface area contributed by atoms with E-state index >= 15 is 0 Å². The first-order chi connectivity index (χ1) is 11.5. The van der Waals surface area contributed by atoms with E-state index in [1.165, 1.54) is 25.3 Å². The van der Waals surface area contributed by atoms with Gasteiger partial charge in [-0.15, -0.1) is 0 Å². The third-order valence-corrected chi connectivity index (χ3v) is 4.05. The number of benzene rings is 1.